The van der Waals surface area contributed by atoms with E-state index in [4.69, 9.17) is 9.47 Å². The lowest BCUT2D eigenvalue weighted by Gasteiger charge is -2.10. The summed E-state index contributed by atoms with van der Waals surface area (Å²) in [7, 11) is 3.03. The van der Waals surface area contributed by atoms with E-state index in [2.05, 4.69) is 20.3 Å². The number of hydrogen-bond donors (Lipinski definition) is 1. The Morgan fingerprint density at radius 3 is 2.30 bits per heavy atom. The molecule has 0 unspecified atom stereocenters. The molecular formula is C17H15F3N4O2S. The van der Waals surface area contributed by atoms with Gasteiger partial charge in [0.2, 0.25) is 5.95 Å². The lowest BCUT2D eigenvalue weighted by Crippen LogP contribution is -2.08. The van der Waals surface area contributed by atoms with E-state index in [1.807, 2.05) is 0 Å². The molecule has 0 fully saturated rings. The zero-order chi connectivity index (χ0) is 19.6. The number of halogens is 3. The molecule has 0 spiro atoms. The van der Waals surface area contributed by atoms with Gasteiger partial charge in [-0.15, -0.1) is 11.3 Å². The first kappa shape index (κ1) is 18.9. The van der Waals surface area contributed by atoms with E-state index in [-0.39, 0.29) is 16.5 Å². The summed E-state index contributed by atoms with van der Waals surface area (Å²) in [5.74, 6) is 1.23. The van der Waals surface area contributed by atoms with Crippen molar-refractivity contribution in [3.05, 3.63) is 41.2 Å². The molecule has 0 saturated heterocycles. The highest BCUT2D eigenvalue weighted by Gasteiger charge is 2.37. The molecule has 2 heterocycles. The molecule has 0 saturated carbocycles. The van der Waals surface area contributed by atoms with Crippen molar-refractivity contribution >= 4 is 23.0 Å². The van der Waals surface area contributed by atoms with Gasteiger partial charge in [-0.25, -0.2) is 15.0 Å². The highest BCUT2D eigenvalue weighted by molar-refractivity contribution is 7.15. The average Bonchev–Trinajstić information content (AvgIpc) is 3.04. The van der Waals surface area contributed by atoms with Crippen molar-refractivity contribution in [1.82, 2.24) is 15.0 Å². The predicted molar refractivity (Wildman–Crippen MR) is 95.7 cm³/mol. The fraction of sp³-hybridized carbons (Fsp3) is 0.235. The molecule has 3 rings (SSSR count). The number of ether oxygens (including phenoxy) is 2. The first-order valence-corrected chi connectivity index (χ1v) is 8.50. The Morgan fingerprint density at radius 1 is 1.04 bits per heavy atom. The molecule has 27 heavy (non-hydrogen) atoms. The molecule has 0 aliphatic rings. The summed E-state index contributed by atoms with van der Waals surface area (Å²) >= 11 is 0.932. The number of thiazole rings is 1. The predicted octanol–water partition coefficient (Wildman–Crippen LogP) is 4.69. The van der Waals surface area contributed by atoms with E-state index in [0.717, 1.165) is 11.3 Å². The van der Waals surface area contributed by atoms with Crippen LogP contribution in [0.5, 0.6) is 11.5 Å². The molecule has 1 N–H and O–H groups in total. The molecule has 0 atom stereocenters. The molecule has 2 aromatic heterocycles. The van der Waals surface area contributed by atoms with Crippen molar-refractivity contribution in [1.29, 1.82) is 0 Å². The van der Waals surface area contributed by atoms with Gasteiger partial charge in [0.15, 0.2) is 5.69 Å². The molecule has 0 bridgehead atoms. The minimum Gasteiger partial charge on any atom is -0.497 e. The average molecular weight is 396 g/mol. The highest BCUT2D eigenvalue weighted by atomic mass is 32.1. The summed E-state index contributed by atoms with van der Waals surface area (Å²) in [5.41, 5.74) is -0.238. The smallest absolute Gasteiger partial charge is 0.434 e. The summed E-state index contributed by atoms with van der Waals surface area (Å²) in [6.07, 6.45) is -3.17. The molecule has 0 radical (unpaired) electrons. The van der Waals surface area contributed by atoms with Crippen LogP contribution in [0.25, 0.3) is 10.6 Å². The van der Waals surface area contributed by atoms with Crippen LogP contribution in [0, 0.1) is 6.92 Å². The number of alkyl halides is 3. The van der Waals surface area contributed by atoms with Crippen LogP contribution in [0.4, 0.5) is 24.8 Å². The maximum absolute atomic E-state index is 13.2. The van der Waals surface area contributed by atoms with Crippen molar-refractivity contribution in [2.45, 2.75) is 13.1 Å². The Kier molecular flexibility index (Phi) is 5.17. The number of nitrogens with zero attached hydrogens (tertiary/aromatic N) is 3. The lowest BCUT2D eigenvalue weighted by atomic mass is 10.2. The van der Waals surface area contributed by atoms with Crippen LogP contribution in [0.2, 0.25) is 0 Å². The molecule has 10 heteroatoms. The normalized spacial score (nSPS) is 11.3. The van der Waals surface area contributed by atoms with E-state index < -0.39 is 11.9 Å². The zero-order valence-electron chi connectivity index (χ0n) is 14.6. The van der Waals surface area contributed by atoms with Gasteiger partial charge in [0.1, 0.15) is 11.5 Å². The summed E-state index contributed by atoms with van der Waals surface area (Å²) in [6.45, 7) is 1.52. The largest absolute Gasteiger partial charge is 0.497 e. The van der Waals surface area contributed by atoms with Crippen LogP contribution in [0.15, 0.2) is 30.5 Å². The van der Waals surface area contributed by atoms with Gasteiger partial charge in [-0.2, -0.15) is 13.2 Å². The minimum absolute atomic E-state index is 0.0475. The van der Waals surface area contributed by atoms with Gasteiger partial charge in [-0.3, -0.25) is 0 Å². The second kappa shape index (κ2) is 7.39. The van der Waals surface area contributed by atoms with E-state index in [1.54, 1.807) is 18.2 Å². The van der Waals surface area contributed by atoms with Crippen LogP contribution < -0.4 is 14.8 Å². The molecule has 0 aliphatic heterocycles. The second-order valence-corrected chi connectivity index (χ2v) is 6.60. The summed E-state index contributed by atoms with van der Waals surface area (Å²) < 4.78 is 50.0. The van der Waals surface area contributed by atoms with Gasteiger partial charge < -0.3 is 14.8 Å². The quantitative estimate of drug-likeness (QED) is 0.675. The van der Waals surface area contributed by atoms with Gasteiger partial charge in [-0.05, 0) is 13.0 Å². The van der Waals surface area contributed by atoms with Crippen molar-refractivity contribution < 1.29 is 22.6 Å². The SMILES string of the molecule is COc1cc(Nc2nccc(-c3sc(C)nc3C(F)(F)F)n2)cc(OC)c1. The van der Waals surface area contributed by atoms with Crippen molar-refractivity contribution in [2.75, 3.05) is 19.5 Å². The number of methoxy groups -OCH3 is 2. The Labute approximate surface area is 157 Å². The summed E-state index contributed by atoms with van der Waals surface area (Å²) in [5, 5.41) is 3.26. The van der Waals surface area contributed by atoms with Crippen LogP contribution >= 0.6 is 11.3 Å². The molecular weight excluding hydrogens is 381 g/mol. The van der Waals surface area contributed by atoms with E-state index in [0.29, 0.717) is 22.2 Å². The zero-order valence-corrected chi connectivity index (χ0v) is 15.4. The Bertz CT molecular complexity index is 937. The molecule has 142 valence electrons. The number of hydrogen-bond acceptors (Lipinski definition) is 7. The van der Waals surface area contributed by atoms with Crippen LogP contribution in [0.3, 0.4) is 0 Å². The number of nitrogens with one attached hydrogen (secondary N) is 1. The summed E-state index contributed by atoms with van der Waals surface area (Å²) in [6, 6.07) is 6.49. The maximum atomic E-state index is 13.2. The number of rotatable bonds is 5. The third-order valence-electron chi connectivity index (χ3n) is 3.50. The van der Waals surface area contributed by atoms with Gasteiger partial charge in [0.05, 0.1) is 29.8 Å². The molecule has 3 aromatic rings. The summed E-state index contributed by atoms with van der Waals surface area (Å²) in [4.78, 5) is 11.8. The standard InChI is InChI=1S/C17H15F3N4O2S/c1-9-22-15(17(18,19)20)14(27-9)13-4-5-21-16(24-13)23-10-6-11(25-2)8-12(7-10)26-3/h4-8H,1-3H3,(H,21,23,24). The third kappa shape index (κ3) is 4.27. The number of aromatic nitrogens is 3. The van der Waals surface area contributed by atoms with Crippen molar-refractivity contribution in [3.8, 4) is 22.1 Å². The van der Waals surface area contributed by atoms with E-state index in [1.165, 1.54) is 33.4 Å². The fourth-order valence-electron chi connectivity index (χ4n) is 2.35. The molecule has 0 amide bonds. The van der Waals surface area contributed by atoms with Crippen molar-refractivity contribution in [2.24, 2.45) is 0 Å². The topological polar surface area (TPSA) is 69.2 Å². The molecule has 6 nitrogen and oxygen atoms in total. The number of anilines is 2. The monoisotopic (exact) mass is 396 g/mol. The van der Waals surface area contributed by atoms with Crippen LogP contribution in [-0.4, -0.2) is 29.2 Å². The van der Waals surface area contributed by atoms with Gasteiger partial charge in [-0.1, -0.05) is 0 Å². The molecule has 0 aliphatic carbocycles. The van der Waals surface area contributed by atoms with Gasteiger partial charge in [0, 0.05) is 30.1 Å². The van der Waals surface area contributed by atoms with Gasteiger partial charge >= 0.3 is 6.18 Å². The Morgan fingerprint density at radius 2 is 1.70 bits per heavy atom. The van der Waals surface area contributed by atoms with Crippen molar-refractivity contribution in [3.63, 3.8) is 0 Å². The van der Waals surface area contributed by atoms with E-state index >= 15 is 0 Å². The maximum Gasteiger partial charge on any atom is 0.434 e. The lowest BCUT2D eigenvalue weighted by molar-refractivity contribution is -0.140. The Hall–Kier alpha value is -2.88. The number of aryl methyl sites for hydroxylation is 1. The first-order chi connectivity index (χ1) is 12.8. The number of benzene rings is 1. The Balaban J connectivity index is 1.96. The van der Waals surface area contributed by atoms with Gasteiger partial charge in [0.25, 0.3) is 0 Å². The minimum atomic E-state index is -4.56. The van der Waals surface area contributed by atoms with Crippen LogP contribution in [-0.2, 0) is 6.18 Å². The van der Waals surface area contributed by atoms with E-state index in [9.17, 15) is 13.2 Å². The highest BCUT2D eigenvalue weighted by Crippen LogP contribution is 2.39. The fourth-order valence-corrected chi connectivity index (χ4v) is 3.26. The van der Waals surface area contributed by atoms with Crippen LogP contribution in [0.1, 0.15) is 10.7 Å². The third-order valence-corrected chi connectivity index (χ3v) is 4.49. The first-order valence-electron chi connectivity index (χ1n) is 7.68. The second-order valence-electron chi connectivity index (χ2n) is 5.40. The molecule has 1 aromatic carbocycles.